The zero-order valence-electron chi connectivity index (χ0n) is 20.5. The minimum atomic E-state index is 0.103. The van der Waals surface area contributed by atoms with Crippen LogP contribution in [-0.2, 0) is 4.79 Å². The van der Waals surface area contributed by atoms with Gasteiger partial charge < -0.3 is 0 Å². The Kier molecular flexibility index (Phi) is 6.15. The Morgan fingerprint density at radius 1 is 1.07 bits per heavy atom. The molecule has 0 radical (unpaired) electrons. The topological polar surface area (TPSA) is 17.1 Å². The second kappa shape index (κ2) is 8.25. The van der Waals surface area contributed by atoms with Crippen LogP contribution in [0.3, 0.4) is 0 Å². The van der Waals surface area contributed by atoms with Crippen molar-refractivity contribution in [2.45, 2.75) is 99.3 Å². The highest BCUT2D eigenvalue weighted by Gasteiger charge is 2.60. The molecule has 0 heterocycles. The molecule has 0 saturated heterocycles. The van der Waals surface area contributed by atoms with E-state index < -0.39 is 0 Å². The van der Waals surface area contributed by atoms with E-state index in [1.165, 1.54) is 44.9 Å². The van der Waals surface area contributed by atoms with Gasteiger partial charge in [-0.3, -0.25) is 4.79 Å². The Morgan fingerprint density at radius 3 is 2.53 bits per heavy atom. The highest BCUT2D eigenvalue weighted by Crippen LogP contribution is 2.67. The molecule has 168 valence electrons. The lowest BCUT2D eigenvalue weighted by molar-refractivity contribution is -0.128. The number of hydrogen-bond donors (Lipinski definition) is 0. The summed E-state index contributed by atoms with van der Waals surface area (Å²) >= 11 is 0. The van der Waals surface area contributed by atoms with Crippen molar-refractivity contribution < 1.29 is 4.79 Å². The molecule has 4 aliphatic carbocycles. The molecule has 0 aromatic carbocycles. The smallest absolute Gasteiger partial charge is 0.159 e. The minimum Gasteiger partial charge on any atom is -0.295 e. The SMILES string of the molecule is CCC(CC[C@@H](C)[C@H]1CC[C@H]2[C@@H]3CC(=O)C4=CC=CC[C@]4(C)[C@H]3CC[C@]12C)C(C)C. The van der Waals surface area contributed by atoms with Crippen molar-refractivity contribution in [3.8, 4) is 0 Å². The molecule has 1 unspecified atom stereocenters. The van der Waals surface area contributed by atoms with Crippen LogP contribution in [0.2, 0.25) is 0 Å². The molecule has 4 aliphatic rings. The number of hydrogen-bond acceptors (Lipinski definition) is 1. The van der Waals surface area contributed by atoms with E-state index in [0.717, 1.165) is 48.0 Å². The Morgan fingerprint density at radius 2 is 1.83 bits per heavy atom. The third-order valence-corrected chi connectivity index (χ3v) is 10.8. The van der Waals surface area contributed by atoms with Gasteiger partial charge in [-0.1, -0.05) is 72.6 Å². The van der Waals surface area contributed by atoms with Crippen molar-refractivity contribution in [3.63, 3.8) is 0 Å². The fourth-order valence-electron chi connectivity index (χ4n) is 8.89. The molecule has 0 aromatic heterocycles. The summed E-state index contributed by atoms with van der Waals surface area (Å²) < 4.78 is 0. The number of rotatable bonds is 6. The molecular formula is C29H46O. The van der Waals surface area contributed by atoms with E-state index in [1.807, 2.05) is 0 Å². The second-order valence-corrected chi connectivity index (χ2v) is 12.3. The van der Waals surface area contributed by atoms with Gasteiger partial charge >= 0.3 is 0 Å². The average Bonchev–Trinajstić information content (AvgIpc) is 3.05. The van der Waals surface area contributed by atoms with Crippen LogP contribution < -0.4 is 0 Å². The minimum absolute atomic E-state index is 0.103. The number of carbonyl (C=O) groups is 1. The maximum absolute atomic E-state index is 13.2. The second-order valence-electron chi connectivity index (χ2n) is 12.3. The molecule has 1 nitrogen and oxygen atoms in total. The number of Topliss-reactive ketones (excluding diaryl/α,β-unsaturated/α-hetero) is 1. The summed E-state index contributed by atoms with van der Waals surface area (Å²) in [4.78, 5) is 13.2. The summed E-state index contributed by atoms with van der Waals surface area (Å²) in [6.07, 6.45) is 18.1. The monoisotopic (exact) mass is 410 g/mol. The molecule has 1 heteroatoms. The molecule has 8 atom stereocenters. The quantitative estimate of drug-likeness (QED) is 0.433. The lowest BCUT2D eigenvalue weighted by Gasteiger charge is -2.57. The zero-order valence-corrected chi connectivity index (χ0v) is 20.5. The molecular weight excluding hydrogens is 364 g/mol. The molecule has 0 aliphatic heterocycles. The van der Waals surface area contributed by atoms with Gasteiger partial charge in [0.15, 0.2) is 5.78 Å². The first kappa shape index (κ1) is 22.3. The van der Waals surface area contributed by atoms with E-state index in [1.54, 1.807) is 0 Å². The molecule has 0 amide bonds. The average molecular weight is 411 g/mol. The van der Waals surface area contributed by atoms with Crippen molar-refractivity contribution in [2.75, 3.05) is 0 Å². The van der Waals surface area contributed by atoms with Gasteiger partial charge in [0, 0.05) is 17.4 Å². The summed E-state index contributed by atoms with van der Waals surface area (Å²) in [6.45, 7) is 14.8. The van der Waals surface area contributed by atoms with Crippen molar-refractivity contribution in [1.29, 1.82) is 0 Å². The lowest BCUT2D eigenvalue weighted by Crippen LogP contribution is -2.52. The van der Waals surface area contributed by atoms with Crippen molar-refractivity contribution in [1.82, 2.24) is 0 Å². The van der Waals surface area contributed by atoms with Crippen LogP contribution in [0.25, 0.3) is 0 Å². The van der Waals surface area contributed by atoms with Gasteiger partial charge in [-0.25, -0.2) is 0 Å². The van der Waals surface area contributed by atoms with Gasteiger partial charge in [0.1, 0.15) is 0 Å². The maximum atomic E-state index is 13.2. The molecule has 0 N–H and O–H groups in total. The van der Waals surface area contributed by atoms with Crippen LogP contribution in [0, 0.1) is 52.3 Å². The van der Waals surface area contributed by atoms with Crippen molar-refractivity contribution in [3.05, 3.63) is 23.8 Å². The van der Waals surface area contributed by atoms with Crippen LogP contribution >= 0.6 is 0 Å². The van der Waals surface area contributed by atoms with E-state index in [9.17, 15) is 4.79 Å². The lowest BCUT2D eigenvalue weighted by atomic mass is 9.46. The summed E-state index contributed by atoms with van der Waals surface area (Å²) in [6, 6.07) is 0. The van der Waals surface area contributed by atoms with E-state index in [0.29, 0.717) is 23.0 Å². The Bertz CT molecular complexity index is 714. The molecule has 0 spiro atoms. The fraction of sp³-hybridized carbons (Fsp3) is 0.828. The molecule has 0 bridgehead atoms. The molecule has 4 rings (SSSR count). The maximum Gasteiger partial charge on any atom is 0.159 e. The highest BCUT2D eigenvalue weighted by atomic mass is 16.1. The van der Waals surface area contributed by atoms with Crippen LogP contribution in [0.5, 0.6) is 0 Å². The molecule has 0 aromatic rings. The van der Waals surface area contributed by atoms with Crippen LogP contribution in [0.1, 0.15) is 99.3 Å². The third-order valence-electron chi connectivity index (χ3n) is 10.8. The van der Waals surface area contributed by atoms with Crippen molar-refractivity contribution in [2.24, 2.45) is 52.3 Å². The summed E-state index contributed by atoms with van der Waals surface area (Å²) in [5.74, 6) is 5.95. The molecule has 3 saturated carbocycles. The summed E-state index contributed by atoms with van der Waals surface area (Å²) in [5, 5.41) is 0. The normalized spacial score (nSPS) is 42.4. The van der Waals surface area contributed by atoms with E-state index in [-0.39, 0.29) is 5.41 Å². The van der Waals surface area contributed by atoms with Gasteiger partial charge in [-0.05, 0) is 85.4 Å². The number of allylic oxidation sites excluding steroid dienone is 4. The predicted molar refractivity (Wildman–Crippen MR) is 127 cm³/mol. The third kappa shape index (κ3) is 3.47. The van der Waals surface area contributed by atoms with Crippen LogP contribution in [0.4, 0.5) is 0 Å². The van der Waals surface area contributed by atoms with Gasteiger partial charge in [0.05, 0.1) is 0 Å². The number of carbonyl (C=O) groups excluding carboxylic acids is 1. The molecule has 3 fully saturated rings. The summed E-state index contributed by atoms with van der Waals surface area (Å²) in [7, 11) is 0. The Hall–Kier alpha value is -0.850. The van der Waals surface area contributed by atoms with Gasteiger partial charge in [-0.2, -0.15) is 0 Å². The largest absolute Gasteiger partial charge is 0.295 e. The first-order chi connectivity index (χ1) is 14.2. The fourth-order valence-corrected chi connectivity index (χ4v) is 8.89. The zero-order chi connectivity index (χ0) is 21.7. The molecule has 30 heavy (non-hydrogen) atoms. The Balaban J connectivity index is 1.50. The predicted octanol–water partition coefficient (Wildman–Crippen LogP) is 8.01. The van der Waals surface area contributed by atoms with E-state index in [2.05, 4.69) is 59.8 Å². The van der Waals surface area contributed by atoms with Gasteiger partial charge in [0.2, 0.25) is 0 Å². The van der Waals surface area contributed by atoms with E-state index >= 15 is 0 Å². The first-order valence-electron chi connectivity index (χ1n) is 13.1. The summed E-state index contributed by atoms with van der Waals surface area (Å²) in [5.41, 5.74) is 1.71. The van der Waals surface area contributed by atoms with Gasteiger partial charge in [-0.15, -0.1) is 0 Å². The number of fused-ring (bicyclic) bond motifs is 5. The van der Waals surface area contributed by atoms with E-state index in [4.69, 9.17) is 0 Å². The van der Waals surface area contributed by atoms with Gasteiger partial charge in [0.25, 0.3) is 0 Å². The van der Waals surface area contributed by atoms with Crippen LogP contribution in [-0.4, -0.2) is 5.78 Å². The number of ketones is 1. The van der Waals surface area contributed by atoms with Crippen LogP contribution in [0.15, 0.2) is 23.8 Å². The van der Waals surface area contributed by atoms with Crippen molar-refractivity contribution >= 4 is 5.78 Å². The highest BCUT2D eigenvalue weighted by molar-refractivity contribution is 5.98. The standard InChI is InChI=1S/C29H46O/c1-7-21(19(2)3)12-11-20(4)23-13-14-24-22-18-27(30)26-10-8-9-16-28(26,5)25(22)15-17-29(23,24)6/h8-10,19-25H,7,11-18H2,1-6H3/t20-,21?,22+,23-,24+,25+,28-,29-/m1/s1. The first-order valence-corrected chi connectivity index (χ1v) is 13.1. The Labute approximate surface area is 186 Å².